The summed E-state index contributed by atoms with van der Waals surface area (Å²) in [7, 11) is 0. The van der Waals surface area contributed by atoms with Gasteiger partial charge in [0.15, 0.2) is 0 Å². The number of hydrogen-bond donors (Lipinski definition) is 2. The number of carboxylic acids is 1. The Morgan fingerprint density at radius 3 is 2.50 bits per heavy atom. The van der Waals surface area contributed by atoms with Gasteiger partial charge in [-0.25, -0.2) is 9.59 Å². The van der Waals surface area contributed by atoms with Gasteiger partial charge in [0.1, 0.15) is 5.60 Å². The average Bonchev–Trinajstić information content (AvgIpc) is 2.42. The first-order chi connectivity index (χ1) is 10.3. The van der Waals surface area contributed by atoms with E-state index in [1.807, 2.05) is 18.2 Å². The van der Waals surface area contributed by atoms with Crippen molar-refractivity contribution in [3.63, 3.8) is 0 Å². The van der Waals surface area contributed by atoms with Crippen molar-refractivity contribution in [3.8, 4) is 0 Å². The minimum atomic E-state index is -0.990. The number of carboxylic acid groups (broad SMARTS) is 1. The molecule has 0 radical (unpaired) electrons. The van der Waals surface area contributed by atoms with E-state index < -0.39 is 17.7 Å². The quantitative estimate of drug-likeness (QED) is 0.908. The molecule has 0 aliphatic rings. The van der Waals surface area contributed by atoms with Crippen LogP contribution in [-0.4, -0.2) is 22.8 Å². The molecule has 0 fully saturated rings. The summed E-state index contributed by atoms with van der Waals surface area (Å²) in [5.41, 5.74) is 0.362. The van der Waals surface area contributed by atoms with Crippen LogP contribution in [0, 0.1) is 0 Å². The number of alkyl carbamates (subject to hydrolysis) is 1. The second-order valence-electron chi connectivity index (χ2n) is 6.03. The number of carbonyl (C=O) groups excluding carboxylic acids is 1. The summed E-state index contributed by atoms with van der Waals surface area (Å²) in [6.45, 7) is 5.56. The zero-order chi connectivity index (χ0) is 16.3. The minimum absolute atomic E-state index is 0.208. The van der Waals surface area contributed by atoms with Gasteiger partial charge in [-0.15, -0.1) is 0 Å². The molecule has 22 heavy (non-hydrogen) atoms. The Hall–Kier alpha value is -2.56. The Kier molecular flexibility index (Phi) is 4.35. The van der Waals surface area contributed by atoms with E-state index in [1.54, 1.807) is 39.0 Å². The molecule has 2 rings (SSSR count). The molecule has 1 amide bonds. The van der Waals surface area contributed by atoms with Crippen molar-refractivity contribution in [1.29, 1.82) is 0 Å². The zero-order valence-corrected chi connectivity index (χ0v) is 12.8. The fourth-order valence-electron chi connectivity index (χ4n) is 2.14. The number of benzene rings is 2. The molecule has 0 heterocycles. The fourth-order valence-corrected chi connectivity index (χ4v) is 2.14. The van der Waals surface area contributed by atoms with Gasteiger partial charge in [-0.3, -0.25) is 0 Å². The molecule has 5 nitrogen and oxygen atoms in total. The SMILES string of the molecule is CC(C)(C)OC(=O)NCc1cc(C(=O)O)c2ccccc2c1. The Bertz CT molecular complexity index is 716. The molecule has 116 valence electrons. The molecule has 0 aliphatic carbocycles. The van der Waals surface area contributed by atoms with Crippen molar-refractivity contribution in [2.24, 2.45) is 0 Å². The van der Waals surface area contributed by atoms with Gasteiger partial charge in [0.05, 0.1) is 5.56 Å². The Labute approximate surface area is 128 Å². The van der Waals surface area contributed by atoms with Crippen LogP contribution in [0.4, 0.5) is 4.79 Å². The highest BCUT2D eigenvalue weighted by molar-refractivity contribution is 6.04. The van der Waals surface area contributed by atoms with Crippen LogP contribution >= 0.6 is 0 Å². The van der Waals surface area contributed by atoms with Crippen LogP contribution in [0.15, 0.2) is 36.4 Å². The summed E-state index contributed by atoms with van der Waals surface area (Å²) >= 11 is 0. The number of ether oxygens (including phenoxy) is 1. The highest BCUT2D eigenvalue weighted by Gasteiger charge is 2.16. The average molecular weight is 301 g/mol. The smallest absolute Gasteiger partial charge is 0.407 e. The maximum Gasteiger partial charge on any atom is 0.407 e. The molecule has 0 spiro atoms. The molecule has 0 bridgehead atoms. The van der Waals surface area contributed by atoms with Gasteiger partial charge >= 0.3 is 12.1 Å². The van der Waals surface area contributed by atoms with Gasteiger partial charge in [0, 0.05) is 6.54 Å². The van der Waals surface area contributed by atoms with Crippen LogP contribution in [0.5, 0.6) is 0 Å². The fraction of sp³-hybridized carbons (Fsp3) is 0.294. The van der Waals surface area contributed by atoms with E-state index >= 15 is 0 Å². The van der Waals surface area contributed by atoms with Crippen LogP contribution in [0.25, 0.3) is 10.8 Å². The molecule has 0 saturated heterocycles. The number of rotatable bonds is 3. The molecule has 2 aromatic rings. The number of fused-ring (bicyclic) bond motifs is 1. The second-order valence-corrected chi connectivity index (χ2v) is 6.03. The van der Waals surface area contributed by atoms with E-state index in [0.29, 0.717) is 10.9 Å². The van der Waals surface area contributed by atoms with Crippen molar-refractivity contribution < 1.29 is 19.4 Å². The Balaban J connectivity index is 2.22. The van der Waals surface area contributed by atoms with Crippen molar-refractivity contribution in [3.05, 3.63) is 47.5 Å². The monoisotopic (exact) mass is 301 g/mol. The molecule has 0 saturated carbocycles. The van der Waals surface area contributed by atoms with E-state index in [9.17, 15) is 14.7 Å². The Morgan fingerprint density at radius 1 is 1.18 bits per heavy atom. The van der Waals surface area contributed by atoms with E-state index in [4.69, 9.17) is 4.74 Å². The summed E-state index contributed by atoms with van der Waals surface area (Å²) in [5.74, 6) is -0.990. The molecule has 5 heteroatoms. The molecule has 0 aliphatic heterocycles. The van der Waals surface area contributed by atoms with Crippen LogP contribution in [0.2, 0.25) is 0 Å². The number of nitrogens with one attached hydrogen (secondary N) is 1. The summed E-state index contributed by atoms with van der Waals surface area (Å²) in [4.78, 5) is 23.0. The molecule has 0 aromatic heterocycles. The molecular weight excluding hydrogens is 282 g/mol. The van der Waals surface area contributed by atoms with Crippen molar-refractivity contribution in [1.82, 2.24) is 5.32 Å². The van der Waals surface area contributed by atoms with Crippen LogP contribution < -0.4 is 5.32 Å². The number of aromatic carboxylic acids is 1. The maximum atomic E-state index is 11.7. The van der Waals surface area contributed by atoms with Crippen LogP contribution in [0.1, 0.15) is 36.7 Å². The highest BCUT2D eigenvalue weighted by atomic mass is 16.6. The van der Waals surface area contributed by atoms with Gasteiger partial charge in [-0.05, 0) is 49.2 Å². The lowest BCUT2D eigenvalue weighted by Gasteiger charge is -2.19. The predicted octanol–water partition coefficient (Wildman–Crippen LogP) is 3.56. The highest BCUT2D eigenvalue weighted by Crippen LogP contribution is 2.21. The van der Waals surface area contributed by atoms with Crippen molar-refractivity contribution >= 4 is 22.8 Å². The maximum absolute atomic E-state index is 11.7. The van der Waals surface area contributed by atoms with Crippen LogP contribution in [0.3, 0.4) is 0 Å². The standard InChI is InChI=1S/C17H19NO4/c1-17(2,3)22-16(21)18-10-11-8-12-6-4-5-7-13(12)14(9-11)15(19)20/h4-9H,10H2,1-3H3,(H,18,21)(H,19,20). The lowest BCUT2D eigenvalue weighted by atomic mass is 10.0. The largest absolute Gasteiger partial charge is 0.478 e. The van der Waals surface area contributed by atoms with Gasteiger partial charge in [-0.1, -0.05) is 24.3 Å². The number of amides is 1. The summed E-state index contributed by atoms with van der Waals surface area (Å²) < 4.78 is 5.16. The first-order valence-corrected chi connectivity index (χ1v) is 6.98. The predicted molar refractivity (Wildman–Crippen MR) is 84.0 cm³/mol. The third-order valence-corrected chi connectivity index (χ3v) is 2.99. The summed E-state index contributed by atoms with van der Waals surface area (Å²) in [5, 5.41) is 13.5. The van der Waals surface area contributed by atoms with Gasteiger partial charge in [0.25, 0.3) is 0 Å². The van der Waals surface area contributed by atoms with Crippen molar-refractivity contribution in [2.45, 2.75) is 32.9 Å². The molecule has 2 N–H and O–H groups in total. The zero-order valence-electron chi connectivity index (χ0n) is 12.8. The summed E-state index contributed by atoms with van der Waals surface area (Å²) in [6, 6.07) is 10.7. The molecule has 0 unspecified atom stereocenters. The Morgan fingerprint density at radius 2 is 1.86 bits per heavy atom. The molecular formula is C17H19NO4. The lowest BCUT2D eigenvalue weighted by Crippen LogP contribution is -2.32. The number of hydrogen-bond acceptors (Lipinski definition) is 3. The van der Waals surface area contributed by atoms with E-state index in [1.165, 1.54) is 0 Å². The van der Waals surface area contributed by atoms with E-state index in [-0.39, 0.29) is 12.1 Å². The molecule has 2 aromatic carbocycles. The van der Waals surface area contributed by atoms with Gasteiger partial charge < -0.3 is 15.2 Å². The van der Waals surface area contributed by atoms with Gasteiger partial charge in [-0.2, -0.15) is 0 Å². The topological polar surface area (TPSA) is 75.6 Å². The lowest BCUT2D eigenvalue weighted by molar-refractivity contribution is 0.0523. The second kappa shape index (κ2) is 6.05. The third kappa shape index (κ3) is 3.97. The van der Waals surface area contributed by atoms with E-state index in [0.717, 1.165) is 5.39 Å². The van der Waals surface area contributed by atoms with E-state index in [2.05, 4.69) is 5.32 Å². The number of carbonyl (C=O) groups is 2. The summed E-state index contributed by atoms with van der Waals surface area (Å²) in [6.07, 6.45) is -0.530. The third-order valence-electron chi connectivity index (χ3n) is 2.99. The van der Waals surface area contributed by atoms with Gasteiger partial charge in [0.2, 0.25) is 0 Å². The molecule has 0 atom stereocenters. The first kappa shape index (κ1) is 15.8. The van der Waals surface area contributed by atoms with Crippen LogP contribution in [-0.2, 0) is 11.3 Å². The normalized spacial score (nSPS) is 11.2. The van der Waals surface area contributed by atoms with Crippen molar-refractivity contribution in [2.75, 3.05) is 0 Å². The minimum Gasteiger partial charge on any atom is -0.478 e. The first-order valence-electron chi connectivity index (χ1n) is 6.98.